The molecule has 0 aliphatic rings. The van der Waals surface area contributed by atoms with Gasteiger partial charge < -0.3 is 10.4 Å². The highest BCUT2D eigenvalue weighted by Gasteiger charge is 2.39. The van der Waals surface area contributed by atoms with Gasteiger partial charge in [-0.05, 0) is 18.2 Å². The van der Waals surface area contributed by atoms with E-state index in [0.717, 1.165) is 17.1 Å². The molecule has 2 rings (SSSR count). The van der Waals surface area contributed by atoms with E-state index in [-0.39, 0.29) is 16.9 Å². The van der Waals surface area contributed by atoms with Crippen LogP contribution in [0, 0.1) is 0 Å². The maximum atomic E-state index is 12.3. The molecule has 1 aromatic carbocycles. The molecule has 7 nitrogen and oxygen atoms in total. The van der Waals surface area contributed by atoms with Crippen LogP contribution in [0.1, 0.15) is 10.4 Å². The number of benzene rings is 1. The summed E-state index contributed by atoms with van der Waals surface area (Å²) in [5, 5.41) is 14.2. The lowest BCUT2D eigenvalue weighted by Crippen LogP contribution is -2.30. The number of nitrogens with zero attached hydrogens (tertiary/aromatic N) is 3. The molecule has 0 saturated heterocycles. The van der Waals surface area contributed by atoms with Crippen molar-refractivity contribution < 1.29 is 27.9 Å². The van der Waals surface area contributed by atoms with Crippen molar-refractivity contribution in [1.82, 2.24) is 14.8 Å². The van der Waals surface area contributed by atoms with Crippen molar-refractivity contribution in [3.8, 4) is 5.69 Å². The SMILES string of the molecule is O=C(O)c1ccc(-n2cncn2)c(NC(=O)C(F)(F)F)c1. The van der Waals surface area contributed by atoms with Crippen molar-refractivity contribution in [2.24, 2.45) is 0 Å². The van der Waals surface area contributed by atoms with Gasteiger partial charge in [0.25, 0.3) is 0 Å². The molecule has 0 unspecified atom stereocenters. The molecule has 0 saturated carbocycles. The van der Waals surface area contributed by atoms with Crippen molar-refractivity contribution in [3.63, 3.8) is 0 Å². The monoisotopic (exact) mass is 300 g/mol. The summed E-state index contributed by atoms with van der Waals surface area (Å²) in [5.41, 5.74) is -0.575. The predicted molar refractivity (Wildman–Crippen MR) is 63.0 cm³/mol. The van der Waals surface area contributed by atoms with Crippen molar-refractivity contribution in [3.05, 3.63) is 36.4 Å². The van der Waals surface area contributed by atoms with Crippen molar-refractivity contribution >= 4 is 17.6 Å². The summed E-state index contributed by atoms with van der Waals surface area (Å²) in [5.74, 6) is -3.56. The second-order valence-electron chi connectivity index (χ2n) is 3.83. The van der Waals surface area contributed by atoms with E-state index in [1.165, 1.54) is 18.5 Å². The van der Waals surface area contributed by atoms with Gasteiger partial charge in [-0.1, -0.05) is 0 Å². The molecular weight excluding hydrogens is 293 g/mol. The third-order valence-electron chi connectivity index (χ3n) is 2.41. The number of nitrogens with one attached hydrogen (secondary N) is 1. The molecule has 0 aliphatic carbocycles. The van der Waals surface area contributed by atoms with Gasteiger partial charge in [-0.3, -0.25) is 4.79 Å². The van der Waals surface area contributed by atoms with Crippen LogP contribution in [0.15, 0.2) is 30.9 Å². The Morgan fingerprint density at radius 2 is 2.00 bits per heavy atom. The van der Waals surface area contributed by atoms with Crippen molar-refractivity contribution in [2.75, 3.05) is 5.32 Å². The van der Waals surface area contributed by atoms with Gasteiger partial charge in [0.15, 0.2) is 0 Å². The zero-order valence-corrected chi connectivity index (χ0v) is 10.1. The van der Waals surface area contributed by atoms with E-state index < -0.39 is 18.1 Å². The Morgan fingerprint density at radius 1 is 1.29 bits per heavy atom. The fourth-order valence-electron chi connectivity index (χ4n) is 1.49. The lowest BCUT2D eigenvalue weighted by atomic mass is 10.1. The first-order valence-corrected chi connectivity index (χ1v) is 5.39. The van der Waals surface area contributed by atoms with Crippen LogP contribution in [0.2, 0.25) is 0 Å². The summed E-state index contributed by atoms with van der Waals surface area (Å²) in [6.45, 7) is 0. The van der Waals surface area contributed by atoms with Crippen LogP contribution in [-0.2, 0) is 4.79 Å². The smallest absolute Gasteiger partial charge is 0.471 e. The number of carbonyl (C=O) groups excluding carboxylic acids is 1. The number of alkyl halides is 3. The Balaban J connectivity index is 2.47. The number of halogens is 3. The Kier molecular flexibility index (Phi) is 3.61. The summed E-state index contributed by atoms with van der Waals surface area (Å²) in [6, 6.07) is 3.29. The Hall–Kier alpha value is -2.91. The van der Waals surface area contributed by atoms with Crippen LogP contribution in [0.4, 0.5) is 18.9 Å². The molecule has 2 N–H and O–H groups in total. The first kappa shape index (κ1) is 14.5. The molecule has 2 aromatic rings. The molecule has 0 fully saturated rings. The molecule has 0 bridgehead atoms. The number of anilines is 1. The van der Waals surface area contributed by atoms with Crippen LogP contribution < -0.4 is 5.32 Å². The molecule has 0 radical (unpaired) electrons. The summed E-state index contributed by atoms with van der Waals surface area (Å²) in [7, 11) is 0. The first-order chi connectivity index (χ1) is 9.79. The van der Waals surface area contributed by atoms with Crippen LogP contribution >= 0.6 is 0 Å². The van der Waals surface area contributed by atoms with Crippen LogP contribution in [0.3, 0.4) is 0 Å². The minimum absolute atomic E-state index is 0.0510. The number of carboxylic acid groups (broad SMARTS) is 1. The number of rotatable bonds is 3. The fourth-order valence-corrected chi connectivity index (χ4v) is 1.49. The summed E-state index contributed by atoms with van der Waals surface area (Å²) in [6.07, 6.45) is -2.77. The molecule has 1 aromatic heterocycles. The minimum Gasteiger partial charge on any atom is -0.478 e. The highest BCUT2D eigenvalue weighted by atomic mass is 19.4. The third-order valence-corrected chi connectivity index (χ3v) is 2.41. The summed E-state index contributed by atoms with van der Waals surface area (Å²) < 4.78 is 38.0. The van der Waals surface area contributed by atoms with Gasteiger partial charge in [0.1, 0.15) is 12.7 Å². The van der Waals surface area contributed by atoms with Gasteiger partial charge >= 0.3 is 18.1 Å². The highest BCUT2D eigenvalue weighted by Crippen LogP contribution is 2.24. The predicted octanol–water partition coefficient (Wildman–Crippen LogP) is 1.47. The molecule has 0 spiro atoms. The second kappa shape index (κ2) is 5.23. The summed E-state index contributed by atoms with van der Waals surface area (Å²) >= 11 is 0. The van der Waals surface area contributed by atoms with E-state index in [4.69, 9.17) is 5.11 Å². The average molecular weight is 300 g/mol. The van der Waals surface area contributed by atoms with Gasteiger partial charge in [-0.2, -0.15) is 18.3 Å². The van der Waals surface area contributed by atoms with Gasteiger partial charge in [-0.15, -0.1) is 0 Å². The molecular formula is C11H7F3N4O3. The van der Waals surface area contributed by atoms with Gasteiger partial charge in [-0.25, -0.2) is 14.5 Å². The summed E-state index contributed by atoms with van der Waals surface area (Å²) in [4.78, 5) is 25.5. The van der Waals surface area contributed by atoms with Gasteiger partial charge in [0.2, 0.25) is 0 Å². The van der Waals surface area contributed by atoms with Gasteiger partial charge in [0.05, 0.1) is 16.9 Å². The number of carboxylic acids is 1. The normalized spacial score (nSPS) is 11.2. The topological polar surface area (TPSA) is 97.1 Å². The zero-order valence-electron chi connectivity index (χ0n) is 10.1. The van der Waals surface area contributed by atoms with E-state index in [1.807, 2.05) is 0 Å². The van der Waals surface area contributed by atoms with Crippen LogP contribution in [0.5, 0.6) is 0 Å². The van der Waals surface area contributed by atoms with E-state index >= 15 is 0 Å². The third kappa shape index (κ3) is 3.16. The molecule has 10 heteroatoms. The van der Waals surface area contributed by atoms with Crippen LogP contribution in [0.25, 0.3) is 5.69 Å². The number of aromatic nitrogens is 3. The Morgan fingerprint density at radius 3 is 2.52 bits per heavy atom. The molecule has 21 heavy (non-hydrogen) atoms. The quantitative estimate of drug-likeness (QED) is 0.894. The van der Waals surface area contributed by atoms with E-state index in [0.29, 0.717) is 0 Å². The first-order valence-electron chi connectivity index (χ1n) is 5.39. The molecule has 0 aliphatic heterocycles. The molecule has 0 atom stereocenters. The number of hydrogen-bond donors (Lipinski definition) is 2. The largest absolute Gasteiger partial charge is 0.478 e. The van der Waals surface area contributed by atoms with E-state index in [9.17, 15) is 22.8 Å². The molecule has 110 valence electrons. The Labute approximate surface area is 115 Å². The van der Waals surface area contributed by atoms with Gasteiger partial charge in [0, 0.05) is 0 Å². The van der Waals surface area contributed by atoms with E-state index in [1.54, 1.807) is 5.32 Å². The number of aromatic carboxylic acids is 1. The highest BCUT2D eigenvalue weighted by molar-refractivity contribution is 5.98. The number of carbonyl (C=O) groups is 2. The minimum atomic E-state index is -5.10. The average Bonchev–Trinajstić information content (AvgIpc) is 2.91. The maximum absolute atomic E-state index is 12.3. The molecule has 1 heterocycles. The number of hydrogen-bond acceptors (Lipinski definition) is 4. The fraction of sp³-hybridized carbons (Fsp3) is 0.0909. The lowest BCUT2D eigenvalue weighted by Gasteiger charge is -2.13. The zero-order chi connectivity index (χ0) is 15.6. The standard InChI is InChI=1S/C11H7F3N4O3/c12-11(13,14)10(21)17-7-3-6(9(19)20)1-2-8(7)18-5-15-4-16-18/h1-5H,(H,17,21)(H,19,20). The number of amides is 1. The molecule has 1 amide bonds. The van der Waals surface area contributed by atoms with Crippen molar-refractivity contribution in [2.45, 2.75) is 6.18 Å². The lowest BCUT2D eigenvalue weighted by molar-refractivity contribution is -0.167. The second-order valence-corrected chi connectivity index (χ2v) is 3.83. The van der Waals surface area contributed by atoms with Crippen molar-refractivity contribution in [1.29, 1.82) is 0 Å². The van der Waals surface area contributed by atoms with E-state index in [2.05, 4.69) is 10.1 Å². The van der Waals surface area contributed by atoms with Crippen LogP contribution in [-0.4, -0.2) is 37.9 Å². The maximum Gasteiger partial charge on any atom is 0.471 e. The Bertz CT molecular complexity index is 683.